The van der Waals surface area contributed by atoms with E-state index in [2.05, 4.69) is 15.4 Å². The predicted octanol–water partition coefficient (Wildman–Crippen LogP) is 0.981. The average molecular weight is 252 g/mol. The monoisotopic (exact) mass is 252 g/mol. The van der Waals surface area contributed by atoms with E-state index in [0.717, 1.165) is 0 Å². The molecule has 0 saturated heterocycles. The van der Waals surface area contributed by atoms with Crippen LogP contribution in [-0.4, -0.2) is 25.3 Å². The number of aromatic nitrogens is 4. The van der Waals surface area contributed by atoms with Crippen LogP contribution in [0.15, 0.2) is 18.2 Å². The maximum absolute atomic E-state index is 13.6. The molecule has 1 aromatic carbocycles. The van der Waals surface area contributed by atoms with Gasteiger partial charge in [0.15, 0.2) is 18.2 Å². The van der Waals surface area contributed by atoms with Crippen molar-refractivity contribution in [2.24, 2.45) is 7.05 Å². The van der Waals surface area contributed by atoms with Gasteiger partial charge in [-0.1, -0.05) is 6.07 Å². The van der Waals surface area contributed by atoms with Crippen molar-refractivity contribution in [3.8, 4) is 5.75 Å². The van der Waals surface area contributed by atoms with E-state index in [1.165, 1.54) is 16.9 Å². The van der Waals surface area contributed by atoms with Gasteiger partial charge in [0.2, 0.25) is 5.82 Å². The van der Waals surface area contributed by atoms with Crippen molar-refractivity contribution in [3.63, 3.8) is 0 Å². The van der Waals surface area contributed by atoms with Crippen LogP contribution in [0.25, 0.3) is 0 Å². The molecule has 0 amide bonds. The van der Waals surface area contributed by atoms with Crippen LogP contribution in [0.3, 0.4) is 0 Å². The number of aliphatic hydroxyl groups is 1. The number of nitrogens with zero attached hydrogens (tertiary/aromatic N) is 4. The van der Waals surface area contributed by atoms with Crippen LogP contribution in [-0.2, 0) is 13.7 Å². The predicted molar refractivity (Wildman–Crippen MR) is 60.2 cm³/mol. The lowest BCUT2D eigenvalue weighted by Gasteiger charge is -2.08. The Morgan fingerprint density at radius 1 is 1.50 bits per heavy atom. The second-order valence-corrected chi connectivity index (χ2v) is 3.85. The summed E-state index contributed by atoms with van der Waals surface area (Å²) in [6.07, 6.45) is -0.713. The Labute approximate surface area is 103 Å². The lowest BCUT2D eigenvalue weighted by atomic mass is 10.1. The summed E-state index contributed by atoms with van der Waals surface area (Å²) in [7, 11) is 1.63. The molecule has 0 aliphatic carbocycles. The second-order valence-electron chi connectivity index (χ2n) is 3.85. The molecule has 0 fully saturated rings. The largest absolute Gasteiger partial charge is 0.482 e. The lowest BCUT2D eigenvalue weighted by molar-refractivity contribution is 0.198. The quantitative estimate of drug-likeness (QED) is 0.878. The number of halogens is 1. The van der Waals surface area contributed by atoms with Crippen molar-refractivity contribution in [2.45, 2.75) is 19.6 Å². The molecule has 2 aromatic rings. The Hall–Kier alpha value is -2.02. The number of hydrogen-bond donors (Lipinski definition) is 1. The van der Waals surface area contributed by atoms with Crippen LogP contribution in [0, 0.1) is 5.82 Å². The number of tetrazole rings is 1. The highest BCUT2D eigenvalue weighted by molar-refractivity contribution is 5.30. The number of hydrogen-bond acceptors (Lipinski definition) is 5. The van der Waals surface area contributed by atoms with Crippen molar-refractivity contribution < 1.29 is 14.2 Å². The second kappa shape index (κ2) is 5.09. The van der Waals surface area contributed by atoms with Gasteiger partial charge in [-0.15, -0.1) is 10.2 Å². The molecule has 6 nitrogen and oxygen atoms in total. The molecule has 0 radical (unpaired) electrons. The highest BCUT2D eigenvalue weighted by Crippen LogP contribution is 2.22. The first-order chi connectivity index (χ1) is 8.56. The molecule has 0 bridgehead atoms. The first kappa shape index (κ1) is 12.4. The topological polar surface area (TPSA) is 73.1 Å². The Morgan fingerprint density at radius 2 is 2.28 bits per heavy atom. The van der Waals surface area contributed by atoms with E-state index in [9.17, 15) is 9.50 Å². The van der Waals surface area contributed by atoms with Gasteiger partial charge in [0.1, 0.15) is 0 Å². The molecule has 2 rings (SSSR count). The minimum Gasteiger partial charge on any atom is -0.482 e. The molecule has 1 atom stereocenters. The smallest absolute Gasteiger partial charge is 0.212 e. The summed E-state index contributed by atoms with van der Waals surface area (Å²) in [5.41, 5.74) is 0.498. The lowest BCUT2D eigenvalue weighted by Crippen LogP contribution is -2.01. The highest BCUT2D eigenvalue weighted by Gasteiger charge is 2.09. The van der Waals surface area contributed by atoms with Gasteiger partial charge in [0.05, 0.1) is 13.2 Å². The Kier molecular flexibility index (Phi) is 3.52. The maximum Gasteiger partial charge on any atom is 0.212 e. The van der Waals surface area contributed by atoms with E-state index in [0.29, 0.717) is 11.4 Å². The molecule has 0 spiro atoms. The van der Waals surface area contributed by atoms with Gasteiger partial charge in [-0.05, 0) is 29.8 Å². The standard InChI is InChI=1S/C11H13FN4O2/c1-7(17)8-3-4-10(9(12)5-8)18-6-11-13-15-16(2)14-11/h3-5,7,17H,6H2,1-2H3/t7-/m1/s1. The molecule has 0 saturated carbocycles. The van der Waals surface area contributed by atoms with Crippen LogP contribution in [0.2, 0.25) is 0 Å². The van der Waals surface area contributed by atoms with Crippen molar-refractivity contribution >= 4 is 0 Å². The molecule has 0 unspecified atom stereocenters. The zero-order valence-corrected chi connectivity index (χ0v) is 10.0. The Balaban J connectivity index is 2.05. The van der Waals surface area contributed by atoms with Crippen molar-refractivity contribution in [1.82, 2.24) is 20.2 Å². The van der Waals surface area contributed by atoms with Crippen molar-refractivity contribution in [3.05, 3.63) is 35.4 Å². The van der Waals surface area contributed by atoms with E-state index in [4.69, 9.17) is 4.74 Å². The Morgan fingerprint density at radius 3 is 2.83 bits per heavy atom. The number of ether oxygens (including phenoxy) is 1. The zero-order chi connectivity index (χ0) is 13.1. The maximum atomic E-state index is 13.6. The average Bonchev–Trinajstić information content (AvgIpc) is 2.73. The normalized spacial score (nSPS) is 12.4. The van der Waals surface area contributed by atoms with Crippen LogP contribution in [0.1, 0.15) is 24.4 Å². The third kappa shape index (κ3) is 2.80. The third-order valence-corrected chi connectivity index (χ3v) is 2.34. The van der Waals surface area contributed by atoms with Gasteiger partial charge in [-0.2, -0.15) is 4.80 Å². The first-order valence-electron chi connectivity index (χ1n) is 5.39. The first-order valence-corrected chi connectivity index (χ1v) is 5.39. The Bertz CT molecular complexity index is 542. The molecule has 1 N–H and O–H groups in total. The molecule has 1 heterocycles. The number of aryl methyl sites for hydroxylation is 1. The molecule has 0 aliphatic rings. The van der Waals surface area contributed by atoms with Crippen LogP contribution < -0.4 is 4.74 Å². The molecule has 96 valence electrons. The fourth-order valence-electron chi connectivity index (χ4n) is 1.42. The molecule has 18 heavy (non-hydrogen) atoms. The van der Waals surface area contributed by atoms with Crippen LogP contribution in [0.4, 0.5) is 4.39 Å². The molecular weight excluding hydrogens is 239 g/mol. The minimum atomic E-state index is -0.713. The van der Waals surface area contributed by atoms with Gasteiger partial charge in [-0.3, -0.25) is 0 Å². The summed E-state index contributed by atoms with van der Waals surface area (Å²) in [6, 6.07) is 4.31. The number of aliphatic hydroxyl groups excluding tert-OH is 1. The summed E-state index contributed by atoms with van der Waals surface area (Å²) < 4.78 is 18.9. The number of benzene rings is 1. The van der Waals surface area contributed by atoms with E-state index < -0.39 is 11.9 Å². The van der Waals surface area contributed by atoms with Crippen molar-refractivity contribution in [1.29, 1.82) is 0 Å². The van der Waals surface area contributed by atoms with Crippen LogP contribution >= 0.6 is 0 Å². The van der Waals surface area contributed by atoms with Gasteiger partial charge >= 0.3 is 0 Å². The molecule has 1 aromatic heterocycles. The van der Waals surface area contributed by atoms with E-state index in [1.807, 2.05) is 0 Å². The van der Waals surface area contributed by atoms with Gasteiger partial charge in [0.25, 0.3) is 0 Å². The fraction of sp³-hybridized carbons (Fsp3) is 0.364. The number of rotatable bonds is 4. The fourth-order valence-corrected chi connectivity index (χ4v) is 1.42. The van der Waals surface area contributed by atoms with E-state index in [-0.39, 0.29) is 12.4 Å². The molecule has 0 aliphatic heterocycles. The van der Waals surface area contributed by atoms with Crippen LogP contribution in [0.5, 0.6) is 5.75 Å². The van der Waals surface area contributed by atoms with E-state index in [1.54, 1.807) is 20.0 Å². The highest BCUT2D eigenvalue weighted by atomic mass is 19.1. The van der Waals surface area contributed by atoms with Gasteiger partial charge in [0, 0.05) is 0 Å². The summed E-state index contributed by atoms with van der Waals surface area (Å²) in [4.78, 5) is 1.30. The minimum absolute atomic E-state index is 0.0405. The summed E-state index contributed by atoms with van der Waals surface area (Å²) in [5, 5.41) is 20.6. The van der Waals surface area contributed by atoms with Crippen molar-refractivity contribution in [2.75, 3.05) is 0 Å². The van der Waals surface area contributed by atoms with Gasteiger partial charge in [-0.25, -0.2) is 4.39 Å². The molecular formula is C11H13FN4O2. The van der Waals surface area contributed by atoms with E-state index >= 15 is 0 Å². The van der Waals surface area contributed by atoms with Gasteiger partial charge < -0.3 is 9.84 Å². The SMILES string of the molecule is C[C@@H](O)c1ccc(OCc2nnn(C)n2)c(F)c1. The summed E-state index contributed by atoms with van der Waals surface area (Å²) >= 11 is 0. The zero-order valence-electron chi connectivity index (χ0n) is 10.0. The summed E-state index contributed by atoms with van der Waals surface area (Å²) in [6.45, 7) is 1.61. The third-order valence-electron chi connectivity index (χ3n) is 2.34. The summed E-state index contributed by atoms with van der Waals surface area (Å²) in [5.74, 6) is -0.0688. The molecule has 7 heteroatoms.